The van der Waals surface area contributed by atoms with Gasteiger partial charge in [-0.1, -0.05) is 50.6 Å². The molecule has 2 nitrogen and oxygen atoms in total. The van der Waals surface area contributed by atoms with Gasteiger partial charge in [0.15, 0.2) is 0 Å². The van der Waals surface area contributed by atoms with Crippen molar-refractivity contribution in [3.05, 3.63) is 35.9 Å². The molecule has 0 bridgehead atoms. The predicted molar refractivity (Wildman–Crippen MR) is 84.8 cm³/mol. The Hall–Kier alpha value is -0.860. The smallest absolute Gasteiger partial charge is 0.0476 e. The van der Waals surface area contributed by atoms with E-state index in [0.29, 0.717) is 12.1 Å². The second kappa shape index (κ2) is 6.28. The zero-order valence-electron chi connectivity index (χ0n) is 12.9. The first-order valence-electron chi connectivity index (χ1n) is 8.32. The Morgan fingerprint density at radius 2 is 1.95 bits per heavy atom. The number of piperazine rings is 1. The van der Waals surface area contributed by atoms with E-state index >= 15 is 0 Å². The van der Waals surface area contributed by atoms with Crippen LogP contribution in [0, 0.1) is 5.92 Å². The van der Waals surface area contributed by atoms with Crippen LogP contribution in [0.25, 0.3) is 0 Å². The fourth-order valence-corrected chi connectivity index (χ4v) is 3.90. The highest BCUT2D eigenvalue weighted by atomic mass is 15.3. The molecule has 1 heterocycles. The van der Waals surface area contributed by atoms with Crippen LogP contribution in [0.15, 0.2) is 30.3 Å². The number of rotatable bonds is 4. The Balaban J connectivity index is 1.74. The molecular formula is C18H28N2. The van der Waals surface area contributed by atoms with E-state index in [1.165, 1.54) is 37.8 Å². The maximum Gasteiger partial charge on any atom is 0.0476 e. The van der Waals surface area contributed by atoms with Crippen molar-refractivity contribution in [2.75, 3.05) is 13.1 Å². The fraction of sp³-hybridized carbons (Fsp3) is 0.667. The molecule has 0 radical (unpaired) electrons. The lowest BCUT2D eigenvalue weighted by Gasteiger charge is -2.50. The highest BCUT2D eigenvalue weighted by Gasteiger charge is 2.38. The molecule has 1 saturated heterocycles. The molecule has 2 atom stereocenters. The summed E-state index contributed by atoms with van der Waals surface area (Å²) in [4.78, 5) is 2.80. The molecule has 1 aromatic carbocycles. The van der Waals surface area contributed by atoms with Gasteiger partial charge in [0.1, 0.15) is 0 Å². The summed E-state index contributed by atoms with van der Waals surface area (Å²) in [6, 6.07) is 13.1. The molecule has 3 rings (SSSR count). The Kier molecular flexibility index (Phi) is 4.42. The van der Waals surface area contributed by atoms with E-state index in [1.54, 1.807) is 0 Å². The van der Waals surface area contributed by atoms with Gasteiger partial charge in [-0.3, -0.25) is 4.90 Å². The van der Waals surface area contributed by atoms with Crippen LogP contribution in [-0.4, -0.2) is 30.1 Å². The normalized spacial score (nSPS) is 34.7. The SMILES string of the molecule is CCCC1CN(C2CC(C)C2)C(c2ccccc2)CN1. The number of nitrogens with one attached hydrogen (secondary N) is 1. The molecule has 2 heteroatoms. The van der Waals surface area contributed by atoms with Gasteiger partial charge < -0.3 is 5.32 Å². The zero-order chi connectivity index (χ0) is 13.9. The molecule has 1 aromatic rings. The van der Waals surface area contributed by atoms with Gasteiger partial charge in [0.2, 0.25) is 0 Å². The first-order chi connectivity index (χ1) is 9.78. The van der Waals surface area contributed by atoms with Crippen molar-refractivity contribution in [1.82, 2.24) is 10.2 Å². The van der Waals surface area contributed by atoms with Crippen molar-refractivity contribution in [2.45, 2.75) is 57.7 Å². The van der Waals surface area contributed by atoms with Crippen molar-refractivity contribution >= 4 is 0 Å². The van der Waals surface area contributed by atoms with E-state index in [0.717, 1.165) is 18.5 Å². The maximum atomic E-state index is 3.77. The van der Waals surface area contributed by atoms with Crippen molar-refractivity contribution in [3.63, 3.8) is 0 Å². The fourth-order valence-electron chi connectivity index (χ4n) is 3.90. The number of hydrogen-bond acceptors (Lipinski definition) is 2. The van der Waals surface area contributed by atoms with Gasteiger partial charge in [0.05, 0.1) is 0 Å². The Labute approximate surface area is 123 Å². The molecule has 2 fully saturated rings. The summed E-state index contributed by atoms with van der Waals surface area (Å²) in [5.41, 5.74) is 1.48. The molecule has 20 heavy (non-hydrogen) atoms. The van der Waals surface area contributed by atoms with Gasteiger partial charge in [0.25, 0.3) is 0 Å². The highest BCUT2D eigenvalue weighted by Crippen LogP contribution is 2.37. The molecule has 0 aromatic heterocycles. The van der Waals surface area contributed by atoms with E-state index in [4.69, 9.17) is 0 Å². The van der Waals surface area contributed by atoms with Gasteiger partial charge in [-0.25, -0.2) is 0 Å². The summed E-state index contributed by atoms with van der Waals surface area (Å²) in [6.45, 7) is 7.02. The third kappa shape index (κ3) is 2.91. The van der Waals surface area contributed by atoms with Crippen LogP contribution in [0.2, 0.25) is 0 Å². The minimum absolute atomic E-state index is 0.571. The summed E-state index contributed by atoms with van der Waals surface area (Å²) in [7, 11) is 0. The van der Waals surface area contributed by atoms with Crippen molar-refractivity contribution < 1.29 is 0 Å². The predicted octanol–water partition coefficient (Wildman–Crippen LogP) is 3.60. The van der Waals surface area contributed by atoms with E-state index in [1.807, 2.05) is 0 Å². The molecule has 0 spiro atoms. The minimum Gasteiger partial charge on any atom is -0.311 e. The maximum absolute atomic E-state index is 3.77. The lowest BCUT2D eigenvalue weighted by molar-refractivity contribution is 0.0160. The van der Waals surface area contributed by atoms with E-state index in [-0.39, 0.29) is 0 Å². The second-order valence-corrected chi connectivity index (χ2v) is 6.75. The standard InChI is InChI=1S/C18H28N2/c1-3-7-16-13-20(17-10-14(2)11-17)18(12-19-16)15-8-5-4-6-9-15/h4-6,8-9,14,16-19H,3,7,10-13H2,1-2H3. The largest absolute Gasteiger partial charge is 0.311 e. The molecule has 110 valence electrons. The zero-order valence-corrected chi connectivity index (χ0v) is 12.9. The van der Waals surface area contributed by atoms with Gasteiger partial charge in [0, 0.05) is 31.2 Å². The van der Waals surface area contributed by atoms with Crippen LogP contribution in [-0.2, 0) is 0 Å². The Bertz CT molecular complexity index is 411. The van der Waals surface area contributed by atoms with Crippen LogP contribution in [0.4, 0.5) is 0 Å². The number of benzene rings is 1. The summed E-state index contributed by atoms with van der Waals surface area (Å²) in [6.07, 6.45) is 5.37. The second-order valence-electron chi connectivity index (χ2n) is 6.75. The third-order valence-corrected chi connectivity index (χ3v) is 5.07. The first kappa shape index (κ1) is 14.1. The molecule has 2 aliphatic rings. The lowest BCUT2D eigenvalue weighted by atomic mass is 9.79. The summed E-state index contributed by atoms with van der Waals surface area (Å²) < 4.78 is 0. The average molecular weight is 272 g/mol. The molecule has 2 unspecified atom stereocenters. The van der Waals surface area contributed by atoms with Gasteiger partial charge in [-0.2, -0.15) is 0 Å². The van der Waals surface area contributed by atoms with Crippen molar-refractivity contribution in [3.8, 4) is 0 Å². The van der Waals surface area contributed by atoms with Crippen LogP contribution in [0.3, 0.4) is 0 Å². The van der Waals surface area contributed by atoms with Gasteiger partial charge in [-0.15, -0.1) is 0 Å². The summed E-state index contributed by atoms with van der Waals surface area (Å²) in [5.74, 6) is 0.927. The van der Waals surface area contributed by atoms with Crippen LogP contribution < -0.4 is 5.32 Å². The molecular weight excluding hydrogens is 244 g/mol. The van der Waals surface area contributed by atoms with E-state index in [9.17, 15) is 0 Å². The van der Waals surface area contributed by atoms with Gasteiger partial charge in [-0.05, 0) is 30.7 Å². The van der Waals surface area contributed by atoms with E-state index < -0.39 is 0 Å². The van der Waals surface area contributed by atoms with Crippen LogP contribution in [0.1, 0.15) is 51.1 Å². The van der Waals surface area contributed by atoms with Crippen molar-refractivity contribution in [2.24, 2.45) is 5.92 Å². The molecule has 0 amide bonds. The molecule has 1 saturated carbocycles. The summed E-state index contributed by atoms with van der Waals surface area (Å²) in [5, 5.41) is 3.77. The average Bonchev–Trinajstić information content (AvgIpc) is 2.45. The highest BCUT2D eigenvalue weighted by molar-refractivity contribution is 5.21. The number of nitrogens with zero attached hydrogens (tertiary/aromatic N) is 1. The lowest BCUT2D eigenvalue weighted by Crippen LogP contribution is -2.58. The monoisotopic (exact) mass is 272 g/mol. The third-order valence-electron chi connectivity index (χ3n) is 5.07. The van der Waals surface area contributed by atoms with Crippen LogP contribution >= 0.6 is 0 Å². The van der Waals surface area contributed by atoms with Crippen molar-refractivity contribution in [1.29, 1.82) is 0 Å². The summed E-state index contributed by atoms with van der Waals surface area (Å²) >= 11 is 0. The van der Waals surface area contributed by atoms with Crippen LogP contribution in [0.5, 0.6) is 0 Å². The quantitative estimate of drug-likeness (QED) is 0.901. The minimum atomic E-state index is 0.571. The van der Waals surface area contributed by atoms with Gasteiger partial charge >= 0.3 is 0 Å². The van der Waals surface area contributed by atoms with E-state index in [2.05, 4.69) is 54.4 Å². The topological polar surface area (TPSA) is 15.3 Å². The molecule has 1 aliphatic carbocycles. The Morgan fingerprint density at radius 3 is 2.60 bits per heavy atom. The first-order valence-corrected chi connectivity index (χ1v) is 8.32. The molecule has 1 N–H and O–H groups in total. The Morgan fingerprint density at radius 1 is 1.20 bits per heavy atom. The number of hydrogen-bond donors (Lipinski definition) is 1. The molecule has 1 aliphatic heterocycles.